The zero-order valence-electron chi connectivity index (χ0n) is 15.5. The first-order chi connectivity index (χ1) is 12.9. The Balaban J connectivity index is 1.62. The molecule has 8 nitrogen and oxygen atoms in total. The number of nitrogens with one attached hydrogen (secondary N) is 1. The number of aromatic amines is 1. The minimum Gasteiger partial charge on any atom is -0.354 e. The Morgan fingerprint density at radius 3 is 2.89 bits per heavy atom. The van der Waals surface area contributed by atoms with E-state index >= 15 is 0 Å². The fourth-order valence-electron chi connectivity index (χ4n) is 3.75. The summed E-state index contributed by atoms with van der Waals surface area (Å²) in [6, 6.07) is 1.95. The van der Waals surface area contributed by atoms with Gasteiger partial charge < -0.3 is 9.88 Å². The molecule has 0 bridgehead atoms. The summed E-state index contributed by atoms with van der Waals surface area (Å²) in [7, 11) is -2.88. The van der Waals surface area contributed by atoms with Crippen LogP contribution >= 0.6 is 0 Å². The van der Waals surface area contributed by atoms with E-state index in [0.29, 0.717) is 35.9 Å². The van der Waals surface area contributed by atoms with Crippen LogP contribution in [0.4, 0.5) is 0 Å². The maximum absolute atomic E-state index is 13.0. The molecule has 2 amide bonds. The fourth-order valence-corrected chi connectivity index (χ4v) is 5.21. The van der Waals surface area contributed by atoms with Crippen molar-refractivity contribution in [3.8, 4) is 0 Å². The summed E-state index contributed by atoms with van der Waals surface area (Å²) < 4.78 is 18.6. The molecule has 1 aliphatic carbocycles. The third-order valence-corrected chi connectivity index (χ3v) is 6.91. The molecule has 0 aromatic carbocycles. The van der Waals surface area contributed by atoms with Crippen molar-refractivity contribution < 1.29 is 13.8 Å². The van der Waals surface area contributed by atoms with Crippen molar-refractivity contribution in [2.24, 2.45) is 4.36 Å². The second-order valence-electron chi connectivity index (χ2n) is 7.09. The van der Waals surface area contributed by atoms with Gasteiger partial charge >= 0.3 is 0 Å². The van der Waals surface area contributed by atoms with E-state index < -0.39 is 15.6 Å². The van der Waals surface area contributed by atoms with Crippen LogP contribution in [0, 0.1) is 0 Å². The van der Waals surface area contributed by atoms with Gasteiger partial charge in [0.05, 0.1) is 39.6 Å². The van der Waals surface area contributed by atoms with Gasteiger partial charge in [-0.2, -0.15) is 9.46 Å². The largest absolute Gasteiger partial charge is 0.354 e. The number of rotatable bonds is 3. The quantitative estimate of drug-likeness (QED) is 0.864. The number of amides is 2. The highest BCUT2D eigenvalue weighted by Gasteiger charge is 2.29. The Morgan fingerprint density at radius 2 is 2.15 bits per heavy atom. The Bertz CT molecular complexity index is 1020. The molecule has 0 saturated carbocycles. The van der Waals surface area contributed by atoms with E-state index in [4.69, 9.17) is 0 Å². The van der Waals surface area contributed by atoms with Crippen LogP contribution in [0.3, 0.4) is 0 Å². The Kier molecular flexibility index (Phi) is 4.41. The van der Waals surface area contributed by atoms with Gasteiger partial charge in [-0.1, -0.05) is 6.92 Å². The van der Waals surface area contributed by atoms with E-state index in [1.807, 2.05) is 6.07 Å². The van der Waals surface area contributed by atoms with Crippen LogP contribution in [0.25, 0.3) is 0 Å². The van der Waals surface area contributed by atoms with Crippen LogP contribution in [-0.4, -0.2) is 48.5 Å². The molecule has 1 unspecified atom stereocenters. The number of fused-ring (bicyclic) bond motifs is 2. The number of carbonyl (C=O) groups is 2. The Labute approximate surface area is 158 Å². The third-order valence-electron chi connectivity index (χ3n) is 5.20. The molecule has 0 fully saturated rings. The van der Waals surface area contributed by atoms with Gasteiger partial charge in [-0.25, -0.2) is 4.21 Å². The number of nitrogens with zero attached hydrogens (tertiary/aromatic N) is 4. The lowest BCUT2D eigenvalue weighted by Gasteiger charge is -2.28. The predicted molar refractivity (Wildman–Crippen MR) is 99.8 cm³/mol. The van der Waals surface area contributed by atoms with E-state index in [1.165, 1.54) is 18.0 Å². The van der Waals surface area contributed by atoms with Crippen LogP contribution < -0.4 is 0 Å². The molecule has 3 heterocycles. The molecule has 9 heteroatoms. The molecular formula is C18H23N5O3S. The standard InChI is InChI=1S/C18H23N5O3S/c1-3-17(24)21-27(2,26)16-10-19-23-8-7-22(11-15(16)23)18(25)14-9-12-5-4-6-13(12)20-14/h9-10,20H,3-8,11H2,1-2H3. The van der Waals surface area contributed by atoms with Crippen molar-refractivity contribution in [2.45, 2.75) is 50.6 Å². The van der Waals surface area contributed by atoms with Crippen molar-refractivity contribution in [2.75, 3.05) is 12.8 Å². The van der Waals surface area contributed by atoms with Gasteiger partial charge in [0, 0.05) is 24.9 Å². The molecule has 4 rings (SSSR count). The molecule has 1 N–H and O–H groups in total. The zero-order valence-corrected chi connectivity index (χ0v) is 16.3. The van der Waals surface area contributed by atoms with Crippen LogP contribution in [0.5, 0.6) is 0 Å². The van der Waals surface area contributed by atoms with Gasteiger partial charge in [0.2, 0.25) is 0 Å². The van der Waals surface area contributed by atoms with Crippen LogP contribution in [-0.2, 0) is 40.5 Å². The van der Waals surface area contributed by atoms with E-state index in [2.05, 4.69) is 14.4 Å². The van der Waals surface area contributed by atoms with Gasteiger partial charge in [0.25, 0.3) is 11.8 Å². The monoisotopic (exact) mass is 389 g/mol. The zero-order chi connectivity index (χ0) is 19.2. The van der Waals surface area contributed by atoms with Crippen molar-refractivity contribution >= 4 is 21.5 Å². The predicted octanol–water partition coefficient (Wildman–Crippen LogP) is 1.75. The van der Waals surface area contributed by atoms with Crippen LogP contribution in [0.1, 0.15) is 47.2 Å². The second kappa shape index (κ2) is 6.63. The first-order valence-corrected chi connectivity index (χ1v) is 11.1. The van der Waals surface area contributed by atoms with Crippen LogP contribution in [0.15, 0.2) is 21.5 Å². The summed E-state index contributed by atoms with van der Waals surface area (Å²) in [6.45, 7) is 3.05. The first kappa shape index (κ1) is 18.0. The maximum Gasteiger partial charge on any atom is 0.270 e. The summed E-state index contributed by atoms with van der Waals surface area (Å²) in [6.07, 6.45) is 6.31. The summed E-state index contributed by atoms with van der Waals surface area (Å²) >= 11 is 0. The van der Waals surface area contributed by atoms with Gasteiger partial charge in [0.1, 0.15) is 5.69 Å². The lowest BCUT2D eigenvalue weighted by molar-refractivity contribution is -0.117. The summed E-state index contributed by atoms with van der Waals surface area (Å²) in [4.78, 5) is 30.0. The molecule has 0 radical (unpaired) electrons. The summed E-state index contributed by atoms with van der Waals surface area (Å²) in [5.41, 5.74) is 3.69. The smallest absolute Gasteiger partial charge is 0.270 e. The lowest BCUT2D eigenvalue weighted by Crippen LogP contribution is -2.39. The molecule has 1 atom stereocenters. The average Bonchev–Trinajstić information content (AvgIpc) is 3.33. The Morgan fingerprint density at radius 1 is 1.33 bits per heavy atom. The third kappa shape index (κ3) is 3.20. The molecule has 0 saturated heterocycles. The van der Waals surface area contributed by atoms with E-state index in [-0.39, 0.29) is 12.3 Å². The van der Waals surface area contributed by atoms with E-state index in [0.717, 1.165) is 25.0 Å². The molecule has 2 aromatic rings. The van der Waals surface area contributed by atoms with E-state index in [1.54, 1.807) is 16.5 Å². The van der Waals surface area contributed by atoms with Gasteiger partial charge in [-0.05, 0) is 30.9 Å². The number of hydrogen-bond donors (Lipinski definition) is 1. The maximum atomic E-state index is 13.0. The van der Waals surface area contributed by atoms with E-state index in [9.17, 15) is 13.8 Å². The number of carbonyl (C=O) groups excluding carboxylic acids is 2. The lowest BCUT2D eigenvalue weighted by atomic mass is 10.2. The number of H-pyrrole nitrogens is 1. The van der Waals surface area contributed by atoms with Gasteiger partial charge in [0.15, 0.2) is 0 Å². The fraction of sp³-hybridized carbons (Fsp3) is 0.500. The molecule has 144 valence electrons. The average molecular weight is 389 g/mol. The van der Waals surface area contributed by atoms with Crippen molar-refractivity contribution in [3.63, 3.8) is 0 Å². The van der Waals surface area contributed by atoms with Crippen molar-refractivity contribution in [3.05, 3.63) is 34.9 Å². The number of aryl methyl sites for hydroxylation is 2. The first-order valence-electron chi connectivity index (χ1n) is 9.18. The molecule has 1 aliphatic heterocycles. The molecular weight excluding hydrogens is 366 g/mol. The molecule has 27 heavy (non-hydrogen) atoms. The molecule has 2 aliphatic rings. The highest BCUT2D eigenvalue weighted by molar-refractivity contribution is 7.93. The minimum atomic E-state index is -2.88. The molecule has 0 spiro atoms. The number of aromatic nitrogens is 3. The Hall–Kier alpha value is -2.42. The molecule has 2 aromatic heterocycles. The highest BCUT2D eigenvalue weighted by Crippen LogP contribution is 2.26. The van der Waals surface area contributed by atoms with Crippen molar-refractivity contribution in [1.29, 1.82) is 0 Å². The summed E-state index contributed by atoms with van der Waals surface area (Å²) in [5.74, 6) is -0.459. The van der Waals surface area contributed by atoms with Gasteiger partial charge in [-0.3, -0.25) is 14.3 Å². The van der Waals surface area contributed by atoms with Crippen molar-refractivity contribution in [1.82, 2.24) is 19.7 Å². The van der Waals surface area contributed by atoms with Crippen LogP contribution in [0.2, 0.25) is 0 Å². The SMILES string of the molecule is CCC(=O)N=S(C)(=O)c1cnn2c1CN(C(=O)c1cc3c([nH]1)CCC3)CC2. The second-order valence-corrected chi connectivity index (χ2v) is 9.31. The topological polar surface area (TPSA) is 100 Å². The highest BCUT2D eigenvalue weighted by atomic mass is 32.2. The minimum absolute atomic E-state index is 0.0630. The normalized spacial score (nSPS) is 17.9. The summed E-state index contributed by atoms with van der Waals surface area (Å²) in [5, 5.41) is 4.28. The number of hydrogen-bond acceptors (Lipinski definition) is 4. The van der Waals surface area contributed by atoms with Gasteiger partial charge in [-0.15, -0.1) is 0 Å².